The molecule has 0 amide bonds. The summed E-state index contributed by atoms with van der Waals surface area (Å²) < 4.78 is 30.6. The molecule has 0 N–H and O–H groups in total. The van der Waals surface area contributed by atoms with E-state index >= 15 is 0 Å². The molecule has 2 aromatic carbocycles. The molecular weight excluding hydrogens is 370 g/mol. The standard InChI is InChI=1S/C19H14F2N4OS/c1-24-17-14(10-22-24)18(26)25(16-8-3-2-7-15(16)21)19(23-17)27-11-12-5-4-6-13(20)9-12/h2-10H,11H2,1H3. The molecule has 0 spiro atoms. The number of hydrogen-bond donors (Lipinski definition) is 0. The van der Waals surface area contributed by atoms with E-state index in [4.69, 9.17) is 0 Å². The van der Waals surface area contributed by atoms with Gasteiger partial charge in [0.25, 0.3) is 5.56 Å². The zero-order valence-corrected chi connectivity index (χ0v) is 15.1. The normalized spacial score (nSPS) is 11.2. The van der Waals surface area contributed by atoms with Crippen LogP contribution < -0.4 is 5.56 Å². The van der Waals surface area contributed by atoms with Crippen LogP contribution in [0, 0.1) is 11.6 Å². The number of benzene rings is 2. The molecule has 5 nitrogen and oxygen atoms in total. The van der Waals surface area contributed by atoms with Crippen molar-refractivity contribution in [1.82, 2.24) is 19.3 Å². The van der Waals surface area contributed by atoms with E-state index in [0.717, 1.165) is 5.56 Å². The number of thioether (sulfide) groups is 1. The fourth-order valence-corrected chi connectivity index (χ4v) is 3.72. The van der Waals surface area contributed by atoms with Gasteiger partial charge < -0.3 is 0 Å². The largest absolute Gasteiger partial charge is 0.270 e. The van der Waals surface area contributed by atoms with Gasteiger partial charge in [0.05, 0.1) is 11.9 Å². The summed E-state index contributed by atoms with van der Waals surface area (Å²) in [5.74, 6) is -0.492. The summed E-state index contributed by atoms with van der Waals surface area (Å²) in [5.41, 5.74) is 0.858. The third-order valence-corrected chi connectivity index (χ3v) is 5.09. The molecule has 0 fully saturated rings. The molecule has 27 heavy (non-hydrogen) atoms. The number of fused-ring (bicyclic) bond motifs is 1. The van der Waals surface area contributed by atoms with E-state index in [-0.39, 0.29) is 11.5 Å². The van der Waals surface area contributed by atoms with Crippen LogP contribution in [-0.2, 0) is 12.8 Å². The molecule has 2 heterocycles. The Hall–Kier alpha value is -3.00. The highest BCUT2D eigenvalue weighted by Crippen LogP contribution is 2.25. The smallest absolute Gasteiger partial charge is 0.268 e. The van der Waals surface area contributed by atoms with Crippen molar-refractivity contribution in [3.05, 3.63) is 82.3 Å². The van der Waals surface area contributed by atoms with Crippen LogP contribution in [0.5, 0.6) is 0 Å². The summed E-state index contributed by atoms with van der Waals surface area (Å²) in [6.45, 7) is 0. The summed E-state index contributed by atoms with van der Waals surface area (Å²) in [5, 5.41) is 4.69. The van der Waals surface area contributed by atoms with Gasteiger partial charge in [-0.05, 0) is 29.8 Å². The highest BCUT2D eigenvalue weighted by atomic mass is 32.2. The minimum Gasteiger partial charge on any atom is -0.268 e. The van der Waals surface area contributed by atoms with E-state index in [2.05, 4.69) is 10.1 Å². The fourth-order valence-electron chi connectivity index (χ4n) is 2.78. The molecule has 0 bridgehead atoms. The van der Waals surface area contributed by atoms with Gasteiger partial charge in [0.2, 0.25) is 0 Å². The average Bonchev–Trinajstić information content (AvgIpc) is 3.02. The second-order valence-electron chi connectivity index (χ2n) is 5.91. The Bertz CT molecular complexity index is 1200. The molecule has 0 aliphatic carbocycles. The number of aryl methyl sites for hydroxylation is 1. The van der Waals surface area contributed by atoms with Crippen LogP contribution in [0.15, 0.2) is 64.7 Å². The van der Waals surface area contributed by atoms with Crippen LogP contribution >= 0.6 is 11.8 Å². The lowest BCUT2D eigenvalue weighted by Gasteiger charge is -2.13. The van der Waals surface area contributed by atoms with Crippen molar-refractivity contribution < 1.29 is 8.78 Å². The molecule has 0 radical (unpaired) electrons. The Morgan fingerprint density at radius 3 is 2.70 bits per heavy atom. The van der Waals surface area contributed by atoms with Gasteiger partial charge in [-0.2, -0.15) is 5.10 Å². The van der Waals surface area contributed by atoms with Gasteiger partial charge in [0.15, 0.2) is 10.8 Å². The van der Waals surface area contributed by atoms with E-state index in [0.29, 0.717) is 21.9 Å². The van der Waals surface area contributed by atoms with E-state index in [1.807, 2.05) is 0 Å². The fraction of sp³-hybridized carbons (Fsp3) is 0.105. The van der Waals surface area contributed by atoms with E-state index in [9.17, 15) is 13.6 Å². The monoisotopic (exact) mass is 384 g/mol. The van der Waals surface area contributed by atoms with Crippen molar-refractivity contribution in [3.8, 4) is 5.69 Å². The summed E-state index contributed by atoms with van der Waals surface area (Å²) in [6.07, 6.45) is 1.42. The lowest BCUT2D eigenvalue weighted by molar-refractivity contribution is 0.607. The molecule has 0 unspecified atom stereocenters. The van der Waals surface area contributed by atoms with Gasteiger partial charge in [-0.1, -0.05) is 36.0 Å². The minimum absolute atomic E-state index is 0.113. The lowest BCUT2D eigenvalue weighted by atomic mass is 10.2. The molecule has 4 rings (SSSR count). The first-order chi connectivity index (χ1) is 13.0. The molecule has 0 aliphatic rings. The van der Waals surface area contributed by atoms with Crippen LogP contribution in [0.4, 0.5) is 8.78 Å². The van der Waals surface area contributed by atoms with E-state index < -0.39 is 11.4 Å². The van der Waals surface area contributed by atoms with Crippen LogP contribution in [0.25, 0.3) is 16.7 Å². The molecule has 8 heteroatoms. The van der Waals surface area contributed by atoms with E-state index in [1.165, 1.54) is 51.5 Å². The maximum atomic E-state index is 14.4. The average molecular weight is 384 g/mol. The quantitative estimate of drug-likeness (QED) is 0.398. The minimum atomic E-state index is -0.530. The molecule has 2 aromatic heterocycles. The van der Waals surface area contributed by atoms with Gasteiger partial charge >= 0.3 is 0 Å². The number of halogens is 2. The summed E-state index contributed by atoms with van der Waals surface area (Å²) in [6, 6.07) is 12.2. The highest BCUT2D eigenvalue weighted by Gasteiger charge is 2.18. The van der Waals surface area contributed by atoms with Gasteiger partial charge in [0.1, 0.15) is 17.0 Å². The highest BCUT2D eigenvalue weighted by molar-refractivity contribution is 7.98. The second-order valence-corrected chi connectivity index (χ2v) is 6.85. The first-order valence-electron chi connectivity index (χ1n) is 8.11. The summed E-state index contributed by atoms with van der Waals surface area (Å²) >= 11 is 1.23. The molecule has 0 aliphatic heterocycles. The summed E-state index contributed by atoms with van der Waals surface area (Å²) in [4.78, 5) is 17.5. The lowest BCUT2D eigenvalue weighted by Crippen LogP contribution is -2.22. The molecule has 0 saturated heterocycles. The maximum Gasteiger partial charge on any atom is 0.270 e. The third-order valence-electron chi connectivity index (χ3n) is 4.08. The van der Waals surface area contributed by atoms with Gasteiger partial charge in [-0.3, -0.25) is 14.0 Å². The molecule has 4 aromatic rings. The number of hydrogen-bond acceptors (Lipinski definition) is 4. The Labute approximate surface area is 157 Å². The van der Waals surface area contributed by atoms with Crippen LogP contribution in [0.2, 0.25) is 0 Å². The van der Waals surface area contributed by atoms with Crippen molar-refractivity contribution in [3.63, 3.8) is 0 Å². The van der Waals surface area contributed by atoms with Gasteiger partial charge in [-0.15, -0.1) is 0 Å². The van der Waals surface area contributed by atoms with Gasteiger partial charge in [-0.25, -0.2) is 13.8 Å². The number of aromatic nitrogens is 4. The summed E-state index contributed by atoms with van der Waals surface area (Å²) in [7, 11) is 1.68. The second kappa shape index (κ2) is 6.96. The first-order valence-corrected chi connectivity index (χ1v) is 9.10. The number of para-hydroxylation sites is 1. The van der Waals surface area contributed by atoms with Crippen LogP contribution in [-0.4, -0.2) is 19.3 Å². The SMILES string of the molecule is Cn1ncc2c(=O)n(-c3ccccc3F)c(SCc3cccc(F)c3)nc21. The Kier molecular flexibility index (Phi) is 4.49. The van der Waals surface area contributed by atoms with Crippen molar-refractivity contribution >= 4 is 22.8 Å². The number of nitrogens with zero attached hydrogens (tertiary/aromatic N) is 4. The van der Waals surface area contributed by atoms with Gasteiger partial charge in [0, 0.05) is 12.8 Å². The topological polar surface area (TPSA) is 52.7 Å². The predicted octanol–water partition coefficient (Wildman–Crippen LogP) is 3.69. The third kappa shape index (κ3) is 3.23. The Balaban J connectivity index is 1.87. The van der Waals surface area contributed by atoms with Crippen molar-refractivity contribution in [2.24, 2.45) is 7.05 Å². The van der Waals surface area contributed by atoms with Crippen molar-refractivity contribution in [2.75, 3.05) is 0 Å². The van der Waals surface area contributed by atoms with Crippen LogP contribution in [0.3, 0.4) is 0 Å². The Morgan fingerprint density at radius 2 is 1.93 bits per heavy atom. The molecule has 0 atom stereocenters. The van der Waals surface area contributed by atoms with Crippen molar-refractivity contribution in [2.45, 2.75) is 10.9 Å². The molecule has 0 saturated carbocycles. The number of rotatable bonds is 4. The van der Waals surface area contributed by atoms with Crippen LogP contribution in [0.1, 0.15) is 5.56 Å². The molecular formula is C19H14F2N4OS. The van der Waals surface area contributed by atoms with Crippen molar-refractivity contribution in [1.29, 1.82) is 0 Å². The van der Waals surface area contributed by atoms with E-state index in [1.54, 1.807) is 31.3 Å². The first kappa shape index (κ1) is 17.4. The predicted molar refractivity (Wildman–Crippen MR) is 100 cm³/mol. The maximum absolute atomic E-state index is 14.4. The zero-order valence-electron chi connectivity index (χ0n) is 14.3. The molecule has 136 valence electrons. The zero-order chi connectivity index (χ0) is 19.0. The Morgan fingerprint density at radius 1 is 1.11 bits per heavy atom.